The molecule has 2 aromatic heterocycles. The molecule has 1 N–H and O–H groups in total. The lowest BCUT2D eigenvalue weighted by atomic mass is 9.85. The average molecular weight is 287 g/mol. The number of hydrogen-bond donors (Lipinski definition) is 1. The van der Waals surface area contributed by atoms with Crippen LogP contribution < -0.4 is 5.32 Å². The van der Waals surface area contributed by atoms with Gasteiger partial charge in [0.25, 0.3) is 0 Å². The number of fused-ring (bicyclic) bond motifs is 1. The molecule has 1 saturated carbocycles. The highest BCUT2D eigenvalue weighted by atomic mass is 15.4. The minimum atomic E-state index is 0.541. The third kappa shape index (κ3) is 2.83. The zero-order valence-corrected chi connectivity index (χ0v) is 12.1. The first-order valence-corrected chi connectivity index (χ1v) is 7.84. The molecule has 7 heteroatoms. The first-order chi connectivity index (χ1) is 10.4. The molecule has 3 heterocycles. The van der Waals surface area contributed by atoms with Gasteiger partial charge < -0.3 is 5.32 Å². The second kappa shape index (κ2) is 5.55. The van der Waals surface area contributed by atoms with E-state index in [1.807, 2.05) is 10.9 Å². The van der Waals surface area contributed by atoms with Crippen LogP contribution >= 0.6 is 0 Å². The van der Waals surface area contributed by atoms with E-state index in [0.29, 0.717) is 12.6 Å². The Hall–Kier alpha value is -1.76. The SMILES string of the molecule is c1ncn(Cc2cn(C[C@@H]3C[C@@H]4CCCC[C@@H]4N3)nn2)n1. The first-order valence-electron chi connectivity index (χ1n) is 7.84. The van der Waals surface area contributed by atoms with Gasteiger partial charge >= 0.3 is 0 Å². The fraction of sp³-hybridized carbons (Fsp3) is 0.714. The molecule has 112 valence electrons. The van der Waals surface area contributed by atoms with Gasteiger partial charge in [0.05, 0.1) is 19.3 Å². The molecular weight excluding hydrogens is 266 g/mol. The zero-order chi connectivity index (χ0) is 14.1. The third-order valence-corrected chi connectivity index (χ3v) is 4.73. The van der Waals surface area contributed by atoms with Gasteiger partial charge in [0.2, 0.25) is 0 Å². The van der Waals surface area contributed by atoms with Crippen molar-refractivity contribution in [2.45, 2.75) is 57.3 Å². The molecule has 4 rings (SSSR count). The predicted molar refractivity (Wildman–Crippen MR) is 76.4 cm³/mol. The van der Waals surface area contributed by atoms with Crippen molar-refractivity contribution < 1.29 is 0 Å². The normalized spacial score (nSPS) is 28.7. The van der Waals surface area contributed by atoms with Crippen molar-refractivity contribution >= 4 is 0 Å². The van der Waals surface area contributed by atoms with Crippen molar-refractivity contribution in [3.63, 3.8) is 0 Å². The molecule has 0 amide bonds. The van der Waals surface area contributed by atoms with E-state index in [2.05, 4.69) is 25.7 Å². The van der Waals surface area contributed by atoms with E-state index < -0.39 is 0 Å². The van der Waals surface area contributed by atoms with Gasteiger partial charge in [-0.3, -0.25) is 4.68 Å². The number of nitrogens with zero attached hydrogens (tertiary/aromatic N) is 6. The molecule has 0 unspecified atom stereocenters. The lowest BCUT2D eigenvalue weighted by molar-refractivity contribution is 0.325. The fourth-order valence-corrected chi connectivity index (χ4v) is 3.78. The van der Waals surface area contributed by atoms with Crippen LogP contribution in [0.25, 0.3) is 0 Å². The Morgan fingerprint density at radius 3 is 3.05 bits per heavy atom. The van der Waals surface area contributed by atoms with Crippen LogP contribution in [0.15, 0.2) is 18.9 Å². The monoisotopic (exact) mass is 287 g/mol. The van der Waals surface area contributed by atoms with Crippen molar-refractivity contribution in [2.24, 2.45) is 5.92 Å². The topological polar surface area (TPSA) is 73.5 Å². The molecule has 1 aliphatic carbocycles. The van der Waals surface area contributed by atoms with Crippen LogP contribution in [-0.4, -0.2) is 41.8 Å². The van der Waals surface area contributed by atoms with E-state index in [9.17, 15) is 0 Å². The molecule has 0 spiro atoms. The van der Waals surface area contributed by atoms with E-state index in [-0.39, 0.29) is 0 Å². The second-order valence-electron chi connectivity index (χ2n) is 6.28. The van der Waals surface area contributed by atoms with Gasteiger partial charge in [-0.1, -0.05) is 18.1 Å². The molecule has 0 radical (unpaired) electrons. The molecular formula is C14H21N7. The molecule has 1 saturated heterocycles. The van der Waals surface area contributed by atoms with Crippen molar-refractivity contribution in [1.82, 2.24) is 35.1 Å². The molecule has 0 bridgehead atoms. The number of rotatable bonds is 4. The van der Waals surface area contributed by atoms with Gasteiger partial charge in [-0.25, -0.2) is 9.67 Å². The highest BCUT2D eigenvalue weighted by Gasteiger charge is 2.35. The minimum Gasteiger partial charge on any atom is -0.309 e. The Morgan fingerprint density at radius 2 is 2.19 bits per heavy atom. The largest absolute Gasteiger partial charge is 0.309 e. The van der Waals surface area contributed by atoms with Crippen molar-refractivity contribution in [2.75, 3.05) is 0 Å². The second-order valence-corrected chi connectivity index (χ2v) is 6.28. The van der Waals surface area contributed by atoms with Crippen molar-refractivity contribution in [1.29, 1.82) is 0 Å². The van der Waals surface area contributed by atoms with Gasteiger partial charge in [0.1, 0.15) is 18.3 Å². The van der Waals surface area contributed by atoms with Gasteiger partial charge in [-0.05, 0) is 25.2 Å². The summed E-state index contributed by atoms with van der Waals surface area (Å²) in [7, 11) is 0. The molecule has 7 nitrogen and oxygen atoms in total. The summed E-state index contributed by atoms with van der Waals surface area (Å²) in [6, 6.07) is 1.28. The summed E-state index contributed by atoms with van der Waals surface area (Å²) in [5.41, 5.74) is 0.927. The number of aromatic nitrogens is 6. The Morgan fingerprint density at radius 1 is 1.24 bits per heavy atom. The maximum Gasteiger partial charge on any atom is 0.137 e. The molecule has 2 aromatic rings. The Bertz CT molecular complexity index is 562. The summed E-state index contributed by atoms with van der Waals surface area (Å²) in [4.78, 5) is 3.94. The summed E-state index contributed by atoms with van der Waals surface area (Å²) < 4.78 is 3.72. The molecule has 0 aromatic carbocycles. The highest BCUT2D eigenvalue weighted by molar-refractivity contribution is 4.96. The Labute approximate surface area is 123 Å². The lowest BCUT2D eigenvalue weighted by Crippen LogP contribution is -2.35. The van der Waals surface area contributed by atoms with Crippen molar-refractivity contribution in [3.8, 4) is 0 Å². The van der Waals surface area contributed by atoms with Crippen LogP contribution in [-0.2, 0) is 13.1 Å². The molecule has 2 fully saturated rings. The summed E-state index contributed by atoms with van der Waals surface area (Å²) in [6.07, 6.45) is 12.1. The van der Waals surface area contributed by atoms with Crippen LogP contribution in [0.3, 0.4) is 0 Å². The van der Waals surface area contributed by atoms with Crippen LogP contribution in [0, 0.1) is 5.92 Å². The molecule has 1 aliphatic heterocycles. The summed E-state index contributed by atoms with van der Waals surface area (Å²) in [6.45, 7) is 1.54. The fourth-order valence-electron chi connectivity index (χ4n) is 3.78. The summed E-state index contributed by atoms with van der Waals surface area (Å²) in [5.74, 6) is 0.877. The molecule has 2 aliphatic rings. The first kappa shape index (κ1) is 12.9. The zero-order valence-electron chi connectivity index (χ0n) is 12.1. The lowest BCUT2D eigenvalue weighted by Gasteiger charge is -2.24. The maximum absolute atomic E-state index is 4.24. The highest BCUT2D eigenvalue weighted by Crippen LogP contribution is 2.33. The van der Waals surface area contributed by atoms with E-state index in [0.717, 1.165) is 24.2 Å². The van der Waals surface area contributed by atoms with Crippen LogP contribution in [0.4, 0.5) is 0 Å². The Balaban J connectivity index is 1.36. The van der Waals surface area contributed by atoms with Gasteiger partial charge in [0.15, 0.2) is 0 Å². The predicted octanol–water partition coefficient (Wildman–Crippen LogP) is 0.839. The molecule has 21 heavy (non-hydrogen) atoms. The number of hydrogen-bond acceptors (Lipinski definition) is 5. The van der Waals surface area contributed by atoms with Gasteiger partial charge in [-0.2, -0.15) is 5.10 Å². The van der Waals surface area contributed by atoms with Gasteiger partial charge in [-0.15, -0.1) is 5.10 Å². The third-order valence-electron chi connectivity index (χ3n) is 4.73. The Kier molecular flexibility index (Phi) is 3.42. The van der Waals surface area contributed by atoms with E-state index >= 15 is 0 Å². The van der Waals surface area contributed by atoms with Gasteiger partial charge in [0, 0.05) is 12.1 Å². The maximum atomic E-state index is 4.24. The molecule has 3 atom stereocenters. The van der Waals surface area contributed by atoms with Crippen molar-refractivity contribution in [3.05, 3.63) is 24.5 Å². The average Bonchev–Trinajstić information content (AvgIpc) is 3.20. The van der Waals surface area contributed by atoms with Crippen LogP contribution in [0.2, 0.25) is 0 Å². The van der Waals surface area contributed by atoms with Crippen LogP contribution in [0.1, 0.15) is 37.8 Å². The van der Waals surface area contributed by atoms with E-state index in [1.54, 1.807) is 11.0 Å². The quantitative estimate of drug-likeness (QED) is 0.902. The minimum absolute atomic E-state index is 0.541. The summed E-state index contributed by atoms with van der Waals surface area (Å²) in [5, 5.41) is 16.3. The summed E-state index contributed by atoms with van der Waals surface area (Å²) >= 11 is 0. The van der Waals surface area contributed by atoms with Crippen LogP contribution in [0.5, 0.6) is 0 Å². The van der Waals surface area contributed by atoms with E-state index in [4.69, 9.17) is 0 Å². The number of nitrogens with one attached hydrogen (secondary N) is 1. The smallest absolute Gasteiger partial charge is 0.137 e. The van der Waals surface area contributed by atoms with E-state index in [1.165, 1.54) is 38.4 Å². The standard InChI is InChI=1S/C14H21N7/c1-2-4-14-11(3-1)5-12(17-14)6-20-7-13(18-19-20)8-21-10-15-9-16-21/h7,9-12,14,17H,1-6,8H2/t11-,12-,14-/m0/s1.